The minimum Gasteiger partial charge on any atom is -0.478 e. The van der Waals surface area contributed by atoms with Crippen LogP contribution in [0.3, 0.4) is 0 Å². The van der Waals surface area contributed by atoms with E-state index in [9.17, 15) is 4.79 Å². The topological polar surface area (TPSA) is 103 Å². The molecule has 0 atom stereocenters. The molecule has 0 heterocycles. The molecule has 92 valence electrons. The van der Waals surface area contributed by atoms with Crippen molar-refractivity contribution >= 4 is 16.7 Å². The zero-order valence-corrected chi connectivity index (χ0v) is 9.45. The molecule has 2 aromatic carbocycles. The van der Waals surface area contributed by atoms with E-state index >= 15 is 0 Å². The fourth-order valence-electron chi connectivity index (χ4n) is 1.72. The highest BCUT2D eigenvalue weighted by atomic mass is 16.5. The fourth-order valence-corrected chi connectivity index (χ4v) is 1.72. The molecule has 0 bridgehead atoms. The Bertz CT molecular complexity index is 741. The SMILES string of the molecule is N#COc1cc2c(OC#N)cccc2cc1C(=O)O. The summed E-state index contributed by atoms with van der Waals surface area (Å²) >= 11 is 0. The van der Waals surface area contributed by atoms with Crippen molar-refractivity contribution in [2.24, 2.45) is 0 Å². The molecule has 19 heavy (non-hydrogen) atoms. The fraction of sp³-hybridized carbons (Fsp3) is 0. The van der Waals surface area contributed by atoms with E-state index in [1.807, 2.05) is 0 Å². The summed E-state index contributed by atoms with van der Waals surface area (Å²) in [6.07, 6.45) is 2.97. The lowest BCUT2D eigenvalue weighted by Crippen LogP contribution is -2.00. The van der Waals surface area contributed by atoms with Gasteiger partial charge in [-0.05, 0) is 23.6 Å². The minimum absolute atomic E-state index is 0.100. The van der Waals surface area contributed by atoms with E-state index in [1.165, 1.54) is 18.4 Å². The molecule has 0 amide bonds. The zero-order chi connectivity index (χ0) is 13.8. The summed E-state index contributed by atoms with van der Waals surface area (Å²) in [5, 5.41) is 27.2. The molecule has 6 nitrogen and oxygen atoms in total. The van der Waals surface area contributed by atoms with Gasteiger partial charge in [-0.3, -0.25) is 0 Å². The molecule has 2 rings (SSSR count). The molecule has 1 N–H and O–H groups in total. The Kier molecular flexibility index (Phi) is 3.18. The molecule has 0 saturated heterocycles. The van der Waals surface area contributed by atoms with Crippen LogP contribution >= 0.6 is 0 Å². The average molecular weight is 254 g/mol. The quantitative estimate of drug-likeness (QED) is 0.842. The smallest absolute Gasteiger partial charge is 0.339 e. The molecular formula is C13H6N2O4. The van der Waals surface area contributed by atoms with Gasteiger partial charge in [-0.1, -0.05) is 12.1 Å². The van der Waals surface area contributed by atoms with Gasteiger partial charge in [-0.15, -0.1) is 10.5 Å². The van der Waals surface area contributed by atoms with Gasteiger partial charge >= 0.3 is 5.97 Å². The monoisotopic (exact) mass is 254 g/mol. The number of benzene rings is 2. The largest absolute Gasteiger partial charge is 0.478 e. The van der Waals surface area contributed by atoms with Gasteiger partial charge in [-0.2, -0.15) is 0 Å². The van der Waals surface area contributed by atoms with Crippen LogP contribution in [0.4, 0.5) is 0 Å². The van der Waals surface area contributed by atoms with Crippen molar-refractivity contribution in [1.82, 2.24) is 0 Å². The van der Waals surface area contributed by atoms with E-state index in [4.69, 9.17) is 20.4 Å². The predicted molar refractivity (Wildman–Crippen MR) is 63.4 cm³/mol. The van der Waals surface area contributed by atoms with Crippen molar-refractivity contribution in [2.75, 3.05) is 0 Å². The number of carboxylic acid groups (broad SMARTS) is 1. The number of nitrogens with zero attached hydrogens (tertiary/aromatic N) is 2. The number of fused-ring (bicyclic) bond motifs is 1. The number of hydrogen-bond acceptors (Lipinski definition) is 5. The highest BCUT2D eigenvalue weighted by molar-refractivity contribution is 5.99. The van der Waals surface area contributed by atoms with Gasteiger partial charge in [0.05, 0.1) is 0 Å². The van der Waals surface area contributed by atoms with Crippen LogP contribution < -0.4 is 9.47 Å². The maximum atomic E-state index is 11.1. The van der Waals surface area contributed by atoms with Crippen LogP contribution in [0.15, 0.2) is 30.3 Å². The molecule has 0 aromatic heterocycles. The van der Waals surface area contributed by atoms with Gasteiger partial charge in [0.2, 0.25) is 0 Å². The van der Waals surface area contributed by atoms with Gasteiger partial charge in [0.1, 0.15) is 11.3 Å². The molecule has 0 aliphatic heterocycles. The lowest BCUT2D eigenvalue weighted by molar-refractivity contribution is 0.0694. The molecule has 0 unspecified atom stereocenters. The van der Waals surface area contributed by atoms with Gasteiger partial charge in [0, 0.05) is 5.39 Å². The Morgan fingerprint density at radius 1 is 1.11 bits per heavy atom. The number of hydrogen-bond donors (Lipinski definition) is 1. The Morgan fingerprint density at radius 2 is 1.79 bits per heavy atom. The highest BCUT2D eigenvalue weighted by Crippen LogP contribution is 2.32. The molecule has 0 radical (unpaired) electrons. The summed E-state index contributed by atoms with van der Waals surface area (Å²) in [6, 6.07) is 7.57. The number of nitriles is 2. The number of aromatic carboxylic acids is 1. The van der Waals surface area contributed by atoms with Crippen LogP contribution in [0.25, 0.3) is 10.8 Å². The summed E-state index contributed by atoms with van der Waals surface area (Å²) < 4.78 is 9.40. The van der Waals surface area contributed by atoms with E-state index in [0.29, 0.717) is 10.8 Å². The number of rotatable bonds is 3. The first-order chi connectivity index (χ1) is 9.17. The molecule has 0 saturated carbocycles. The number of carbonyl (C=O) groups is 1. The van der Waals surface area contributed by atoms with Gasteiger partial charge in [0.15, 0.2) is 5.75 Å². The third kappa shape index (κ3) is 2.24. The normalized spacial score (nSPS) is 9.37. The number of carboxylic acids is 1. The van der Waals surface area contributed by atoms with Crippen molar-refractivity contribution in [3.05, 3.63) is 35.9 Å². The van der Waals surface area contributed by atoms with Crippen molar-refractivity contribution < 1.29 is 19.4 Å². The van der Waals surface area contributed by atoms with Crippen LogP contribution in [0, 0.1) is 23.0 Å². The van der Waals surface area contributed by atoms with Crippen molar-refractivity contribution in [1.29, 1.82) is 10.5 Å². The lowest BCUT2D eigenvalue weighted by Gasteiger charge is -2.07. The average Bonchev–Trinajstić information content (AvgIpc) is 2.39. The van der Waals surface area contributed by atoms with Crippen LogP contribution in [0.1, 0.15) is 10.4 Å². The molecule has 6 heteroatoms. The Morgan fingerprint density at radius 3 is 2.42 bits per heavy atom. The highest BCUT2D eigenvalue weighted by Gasteiger charge is 2.15. The molecule has 0 aliphatic rings. The minimum atomic E-state index is -1.21. The summed E-state index contributed by atoms with van der Waals surface area (Å²) in [5.41, 5.74) is -0.136. The second-order valence-corrected chi connectivity index (χ2v) is 3.52. The van der Waals surface area contributed by atoms with Gasteiger partial charge in [0.25, 0.3) is 12.5 Å². The van der Waals surface area contributed by atoms with Crippen molar-refractivity contribution in [3.8, 4) is 24.0 Å². The summed E-state index contributed by atoms with van der Waals surface area (Å²) in [4.78, 5) is 11.1. The standard InChI is InChI=1S/C13H6N2O4/c14-6-18-11-3-1-2-8-4-10(13(16)17)12(19-7-15)5-9(8)11/h1-5H,(H,16,17). The van der Waals surface area contributed by atoms with E-state index in [-0.39, 0.29) is 17.1 Å². The van der Waals surface area contributed by atoms with Crippen LogP contribution in [-0.2, 0) is 0 Å². The first-order valence-corrected chi connectivity index (χ1v) is 5.09. The summed E-state index contributed by atoms with van der Waals surface area (Å²) in [5.74, 6) is -1.05. The third-order valence-electron chi connectivity index (χ3n) is 2.48. The predicted octanol–water partition coefficient (Wildman–Crippen LogP) is 2.26. The second-order valence-electron chi connectivity index (χ2n) is 3.52. The first-order valence-electron chi connectivity index (χ1n) is 5.09. The van der Waals surface area contributed by atoms with Crippen molar-refractivity contribution in [2.45, 2.75) is 0 Å². The van der Waals surface area contributed by atoms with E-state index in [0.717, 1.165) is 0 Å². The van der Waals surface area contributed by atoms with Crippen molar-refractivity contribution in [3.63, 3.8) is 0 Å². The second kappa shape index (κ2) is 4.94. The maximum absolute atomic E-state index is 11.1. The lowest BCUT2D eigenvalue weighted by atomic mass is 10.0. The first kappa shape index (κ1) is 12.2. The molecule has 0 fully saturated rings. The van der Waals surface area contributed by atoms with E-state index < -0.39 is 5.97 Å². The molecule has 2 aromatic rings. The molecular weight excluding hydrogens is 248 g/mol. The Labute approximate surface area is 107 Å². The van der Waals surface area contributed by atoms with Crippen LogP contribution in [0.2, 0.25) is 0 Å². The van der Waals surface area contributed by atoms with E-state index in [1.54, 1.807) is 24.5 Å². The van der Waals surface area contributed by atoms with Crippen LogP contribution in [-0.4, -0.2) is 11.1 Å². The number of ether oxygens (including phenoxy) is 2. The molecule has 0 spiro atoms. The molecule has 0 aliphatic carbocycles. The van der Waals surface area contributed by atoms with E-state index in [2.05, 4.69) is 4.74 Å². The maximum Gasteiger partial charge on any atom is 0.339 e. The summed E-state index contributed by atoms with van der Waals surface area (Å²) in [6.45, 7) is 0. The third-order valence-corrected chi connectivity index (χ3v) is 2.48. The Balaban J connectivity index is 2.75. The van der Waals surface area contributed by atoms with Gasteiger partial charge in [-0.25, -0.2) is 4.79 Å². The Hall–Kier alpha value is -3.25. The van der Waals surface area contributed by atoms with Crippen LogP contribution in [0.5, 0.6) is 11.5 Å². The van der Waals surface area contributed by atoms with Gasteiger partial charge < -0.3 is 14.6 Å². The zero-order valence-electron chi connectivity index (χ0n) is 9.45. The summed E-state index contributed by atoms with van der Waals surface area (Å²) in [7, 11) is 0.